The van der Waals surface area contributed by atoms with E-state index in [1.807, 2.05) is 6.07 Å². The van der Waals surface area contributed by atoms with E-state index in [1.54, 1.807) is 0 Å². The molecule has 2 heteroatoms. The zero-order valence-electron chi connectivity index (χ0n) is 28.4. The molecule has 0 fully saturated rings. The predicted octanol–water partition coefficient (Wildman–Crippen LogP) is 13.4. The highest BCUT2D eigenvalue weighted by Gasteiger charge is 2.16. The monoisotopic (exact) mass is 660 g/mol. The smallest absolute Gasteiger partial charge is 0.160 e. The summed E-state index contributed by atoms with van der Waals surface area (Å²) in [6.07, 6.45) is 0. The predicted molar refractivity (Wildman–Crippen MR) is 219 cm³/mol. The van der Waals surface area contributed by atoms with Gasteiger partial charge in [-0.3, -0.25) is 0 Å². The molecule has 0 bridgehead atoms. The van der Waals surface area contributed by atoms with Crippen molar-refractivity contribution in [1.82, 2.24) is 9.97 Å². The fourth-order valence-corrected chi connectivity index (χ4v) is 7.70. The van der Waals surface area contributed by atoms with Crippen LogP contribution in [0.3, 0.4) is 0 Å². The zero-order chi connectivity index (χ0) is 34.4. The Morgan fingerprint density at radius 3 is 1.69 bits per heavy atom. The van der Waals surface area contributed by atoms with E-state index in [9.17, 15) is 0 Å². The minimum atomic E-state index is 0.699. The van der Waals surface area contributed by atoms with Crippen LogP contribution < -0.4 is 0 Å². The van der Waals surface area contributed by atoms with E-state index < -0.39 is 0 Å². The summed E-state index contributed by atoms with van der Waals surface area (Å²) in [6.45, 7) is 0. The topological polar surface area (TPSA) is 25.8 Å². The van der Waals surface area contributed by atoms with E-state index in [0.717, 1.165) is 39.2 Å². The molecule has 9 aromatic carbocycles. The summed E-state index contributed by atoms with van der Waals surface area (Å²) < 4.78 is 0. The Morgan fingerprint density at radius 1 is 0.269 bits per heavy atom. The first-order valence-corrected chi connectivity index (χ1v) is 17.7. The number of hydrogen-bond acceptors (Lipinski definition) is 2. The van der Waals surface area contributed by atoms with Gasteiger partial charge in [0.15, 0.2) is 5.82 Å². The average molecular weight is 661 g/mol. The Balaban J connectivity index is 1.13. The summed E-state index contributed by atoms with van der Waals surface area (Å²) in [5.74, 6) is 0.699. The molecule has 0 aliphatic rings. The van der Waals surface area contributed by atoms with Crippen molar-refractivity contribution in [2.45, 2.75) is 0 Å². The van der Waals surface area contributed by atoms with Gasteiger partial charge in [0.1, 0.15) is 0 Å². The number of fused-ring (bicyclic) bond motifs is 5. The third-order valence-electron chi connectivity index (χ3n) is 10.3. The van der Waals surface area contributed by atoms with Crippen LogP contribution in [0.4, 0.5) is 0 Å². The van der Waals surface area contributed by atoms with E-state index >= 15 is 0 Å². The van der Waals surface area contributed by atoms with Crippen LogP contribution in [-0.2, 0) is 0 Å². The van der Waals surface area contributed by atoms with Gasteiger partial charge in [-0.1, -0.05) is 176 Å². The minimum absolute atomic E-state index is 0.699. The molecule has 10 aromatic rings. The largest absolute Gasteiger partial charge is 0.228 e. The van der Waals surface area contributed by atoms with Gasteiger partial charge in [-0.15, -0.1) is 0 Å². The van der Waals surface area contributed by atoms with Crippen LogP contribution in [0.15, 0.2) is 194 Å². The van der Waals surface area contributed by atoms with Gasteiger partial charge >= 0.3 is 0 Å². The molecule has 0 saturated heterocycles. The highest BCUT2D eigenvalue weighted by Crippen LogP contribution is 2.40. The van der Waals surface area contributed by atoms with Gasteiger partial charge in [0.25, 0.3) is 0 Å². The fourth-order valence-electron chi connectivity index (χ4n) is 7.70. The quantitative estimate of drug-likeness (QED) is 0.136. The SMILES string of the molecule is c1ccc(-c2cc(-c3ccccc3-c3ccc4ccccc4c3)nc(-c3ccc(-c4c5ccccc5cc5c4ccc4ccccc45)cc3)n2)cc1. The maximum absolute atomic E-state index is 5.27. The highest BCUT2D eigenvalue weighted by atomic mass is 14.9. The van der Waals surface area contributed by atoms with Crippen molar-refractivity contribution in [3.05, 3.63) is 194 Å². The molecular weight excluding hydrogens is 629 g/mol. The van der Waals surface area contributed by atoms with Crippen molar-refractivity contribution >= 4 is 43.1 Å². The molecule has 0 spiro atoms. The first kappa shape index (κ1) is 30.0. The van der Waals surface area contributed by atoms with Gasteiger partial charge in [0.05, 0.1) is 11.4 Å². The van der Waals surface area contributed by atoms with Gasteiger partial charge < -0.3 is 0 Å². The summed E-state index contributed by atoms with van der Waals surface area (Å²) in [6, 6.07) is 69.3. The minimum Gasteiger partial charge on any atom is -0.228 e. The van der Waals surface area contributed by atoms with Crippen molar-refractivity contribution < 1.29 is 0 Å². The first-order chi connectivity index (χ1) is 25.8. The van der Waals surface area contributed by atoms with Crippen molar-refractivity contribution in [3.63, 3.8) is 0 Å². The molecular formula is C50H32N2. The lowest BCUT2D eigenvalue weighted by molar-refractivity contribution is 1.18. The molecule has 242 valence electrons. The highest BCUT2D eigenvalue weighted by molar-refractivity contribution is 6.20. The van der Waals surface area contributed by atoms with Crippen molar-refractivity contribution in [2.75, 3.05) is 0 Å². The lowest BCUT2D eigenvalue weighted by Gasteiger charge is -2.15. The van der Waals surface area contributed by atoms with Gasteiger partial charge in [-0.05, 0) is 83.5 Å². The maximum Gasteiger partial charge on any atom is 0.160 e. The summed E-state index contributed by atoms with van der Waals surface area (Å²) >= 11 is 0. The molecule has 2 nitrogen and oxygen atoms in total. The van der Waals surface area contributed by atoms with Crippen molar-refractivity contribution in [1.29, 1.82) is 0 Å². The van der Waals surface area contributed by atoms with Crippen molar-refractivity contribution in [2.24, 2.45) is 0 Å². The third kappa shape index (κ3) is 5.21. The van der Waals surface area contributed by atoms with Gasteiger partial charge in [0, 0.05) is 16.7 Å². The Kier molecular flexibility index (Phi) is 7.18. The zero-order valence-corrected chi connectivity index (χ0v) is 28.4. The van der Waals surface area contributed by atoms with E-state index in [0.29, 0.717) is 5.82 Å². The molecule has 0 saturated carbocycles. The lowest BCUT2D eigenvalue weighted by atomic mass is 9.89. The Bertz CT molecular complexity index is 2940. The van der Waals surface area contributed by atoms with Crippen LogP contribution in [-0.4, -0.2) is 9.97 Å². The van der Waals surface area contributed by atoms with Crippen molar-refractivity contribution in [3.8, 4) is 56.2 Å². The third-order valence-corrected chi connectivity index (χ3v) is 10.3. The summed E-state index contributed by atoms with van der Waals surface area (Å²) in [4.78, 5) is 10.4. The average Bonchev–Trinajstić information content (AvgIpc) is 3.23. The lowest BCUT2D eigenvalue weighted by Crippen LogP contribution is -1.97. The molecule has 0 amide bonds. The van der Waals surface area contributed by atoms with E-state index in [2.05, 4.69) is 188 Å². The molecule has 0 aliphatic carbocycles. The van der Waals surface area contributed by atoms with Crippen LogP contribution in [0.1, 0.15) is 0 Å². The van der Waals surface area contributed by atoms with Crippen LogP contribution in [0.5, 0.6) is 0 Å². The summed E-state index contributed by atoms with van der Waals surface area (Å²) in [7, 11) is 0. The molecule has 52 heavy (non-hydrogen) atoms. The molecule has 0 aliphatic heterocycles. The summed E-state index contributed by atoms with van der Waals surface area (Å²) in [5.41, 5.74) is 9.61. The fraction of sp³-hybridized carbons (Fsp3) is 0. The van der Waals surface area contributed by atoms with Gasteiger partial charge in [-0.25, -0.2) is 9.97 Å². The van der Waals surface area contributed by atoms with Crippen LogP contribution in [0.25, 0.3) is 99.2 Å². The first-order valence-electron chi connectivity index (χ1n) is 17.7. The Hall–Kier alpha value is -6.90. The number of aromatic nitrogens is 2. The van der Waals surface area contributed by atoms with Gasteiger partial charge in [-0.2, -0.15) is 0 Å². The maximum atomic E-state index is 5.27. The molecule has 1 heterocycles. The second-order valence-corrected chi connectivity index (χ2v) is 13.4. The normalized spacial score (nSPS) is 11.5. The number of hydrogen-bond donors (Lipinski definition) is 0. The van der Waals surface area contributed by atoms with Gasteiger partial charge in [0.2, 0.25) is 0 Å². The number of benzene rings is 9. The van der Waals surface area contributed by atoms with Crippen LogP contribution in [0, 0.1) is 0 Å². The van der Waals surface area contributed by atoms with E-state index in [4.69, 9.17) is 9.97 Å². The van der Waals surface area contributed by atoms with Crippen LogP contribution >= 0.6 is 0 Å². The molecule has 0 radical (unpaired) electrons. The molecule has 0 N–H and O–H groups in total. The molecule has 10 rings (SSSR count). The standard InChI is InChI=1S/C50H32N2/c1-2-14-35(15-3-1)47-32-48(44-21-11-10-19-42(44)40-27-22-33-12-4-5-16-38(33)30-40)52-50(51-47)37-25-23-36(24-26-37)49-43-20-9-7-17-39(43)31-46-41-18-8-6-13-34(41)28-29-45(46)49/h1-32H. The number of rotatable bonds is 5. The number of nitrogens with zero attached hydrogens (tertiary/aromatic N) is 2. The van der Waals surface area contributed by atoms with E-state index in [1.165, 1.54) is 54.2 Å². The molecule has 0 atom stereocenters. The van der Waals surface area contributed by atoms with E-state index in [-0.39, 0.29) is 0 Å². The molecule has 1 aromatic heterocycles. The van der Waals surface area contributed by atoms with Crippen LogP contribution in [0.2, 0.25) is 0 Å². The summed E-state index contributed by atoms with van der Waals surface area (Å²) in [5, 5.41) is 9.96. The molecule has 0 unspecified atom stereocenters. The Morgan fingerprint density at radius 2 is 0.865 bits per heavy atom. The second kappa shape index (κ2) is 12.5. The second-order valence-electron chi connectivity index (χ2n) is 13.4. The Labute approximate surface area is 302 Å².